The number of carbonyl (C=O) groups is 1. The quantitative estimate of drug-likeness (QED) is 0.937. The van der Waals surface area contributed by atoms with Crippen LogP contribution in [0, 0.1) is 12.7 Å². The second kappa shape index (κ2) is 7.09. The molecule has 126 valence electrons. The Morgan fingerprint density at radius 2 is 2.17 bits per heavy atom. The highest BCUT2D eigenvalue weighted by Gasteiger charge is 2.31. The molecule has 1 N–H and O–H groups in total. The average molecular weight is 328 g/mol. The number of benzene rings is 1. The summed E-state index contributed by atoms with van der Waals surface area (Å²) >= 11 is 0. The first-order chi connectivity index (χ1) is 11.5. The molecular formula is C19H21FN2O2. The number of pyridine rings is 1. The molecule has 2 unspecified atom stereocenters. The highest BCUT2D eigenvalue weighted by Crippen LogP contribution is 2.32. The van der Waals surface area contributed by atoms with E-state index in [9.17, 15) is 14.3 Å². The van der Waals surface area contributed by atoms with E-state index in [2.05, 4.69) is 4.98 Å². The summed E-state index contributed by atoms with van der Waals surface area (Å²) in [5.74, 6) is -0.542. The van der Waals surface area contributed by atoms with Gasteiger partial charge in [0.1, 0.15) is 5.82 Å². The molecule has 1 aliphatic rings. The van der Waals surface area contributed by atoms with Crippen molar-refractivity contribution in [1.29, 1.82) is 0 Å². The lowest BCUT2D eigenvalue weighted by molar-refractivity contribution is -0.134. The molecule has 0 saturated carbocycles. The third kappa shape index (κ3) is 3.62. The summed E-state index contributed by atoms with van der Waals surface area (Å²) in [5, 5.41) is 10.2. The number of halogens is 1. The number of hydrogen-bond acceptors (Lipinski definition) is 3. The SMILES string of the molecule is Cc1cccc(C2CCCN2C(=O)CC(O)c2cccc(F)c2)n1. The Kier molecular flexibility index (Phi) is 4.90. The van der Waals surface area contributed by atoms with Crippen LogP contribution >= 0.6 is 0 Å². The number of aliphatic hydroxyl groups is 1. The molecule has 2 heterocycles. The van der Waals surface area contributed by atoms with Crippen molar-refractivity contribution in [2.24, 2.45) is 0 Å². The van der Waals surface area contributed by atoms with Crippen molar-refractivity contribution in [3.63, 3.8) is 0 Å². The number of likely N-dealkylation sites (tertiary alicyclic amines) is 1. The number of rotatable bonds is 4. The Morgan fingerprint density at radius 3 is 2.92 bits per heavy atom. The van der Waals surface area contributed by atoms with Gasteiger partial charge in [0.25, 0.3) is 0 Å². The molecule has 1 aliphatic heterocycles. The monoisotopic (exact) mass is 328 g/mol. The van der Waals surface area contributed by atoms with Crippen LogP contribution in [0.4, 0.5) is 4.39 Å². The van der Waals surface area contributed by atoms with Gasteiger partial charge in [0, 0.05) is 12.2 Å². The van der Waals surface area contributed by atoms with E-state index in [0.29, 0.717) is 12.1 Å². The summed E-state index contributed by atoms with van der Waals surface area (Å²) in [5.41, 5.74) is 2.24. The second-order valence-electron chi connectivity index (χ2n) is 6.22. The van der Waals surface area contributed by atoms with E-state index in [4.69, 9.17) is 0 Å². The molecule has 5 heteroatoms. The highest BCUT2D eigenvalue weighted by molar-refractivity contribution is 5.77. The van der Waals surface area contributed by atoms with Crippen LogP contribution in [0.3, 0.4) is 0 Å². The Bertz CT molecular complexity index is 735. The molecule has 0 aliphatic carbocycles. The summed E-state index contributed by atoms with van der Waals surface area (Å²) in [7, 11) is 0. The summed E-state index contributed by atoms with van der Waals surface area (Å²) in [6.45, 7) is 2.59. The van der Waals surface area contributed by atoms with Crippen LogP contribution in [0.25, 0.3) is 0 Å². The smallest absolute Gasteiger partial charge is 0.226 e. The van der Waals surface area contributed by atoms with Crippen LogP contribution < -0.4 is 0 Å². The van der Waals surface area contributed by atoms with Gasteiger partial charge < -0.3 is 10.0 Å². The van der Waals surface area contributed by atoms with E-state index in [1.165, 1.54) is 18.2 Å². The van der Waals surface area contributed by atoms with Crippen molar-refractivity contribution >= 4 is 5.91 Å². The summed E-state index contributed by atoms with van der Waals surface area (Å²) in [6.07, 6.45) is 0.742. The van der Waals surface area contributed by atoms with Crippen LogP contribution in [0.15, 0.2) is 42.5 Å². The van der Waals surface area contributed by atoms with Gasteiger partial charge in [-0.15, -0.1) is 0 Å². The first-order valence-electron chi connectivity index (χ1n) is 8.21. The fourth-order valence-electron chi connectivity index (χ4n) is 3.24. The van der Waals surface area contributed by atoms with Gasteiger partial charge in [-0.25, -0.2) is 4.39 Å². The fraction of sp³-hybridized carbons (Fsp3) is 0.368. The molecule has 1 aromatic heterocycles. The molecule has 2 aromatic rings. The van der Waals surface area contributed by atoms with E-state index >= 15 is 0 Å². The lowest BCUT2D eigenvalue weighted by atomic mass is 10.0. The third-order valence-electron chi connectivity index (χ3n) is 4.43. The van der Waals surface area contributed by atoms with E-state index in [0.717, 1.165) is 24.2 Å². The van der Waals surface area contributed by atoms with Gasteiger partial charge in [-0.1, -0.05) is 18.2 Å². The Morgan fingerprint density at radius 1 is 1.38 bits per heavy atom. The van der Waals surface area contributed by atoms with E-state index in [1.807, 2.05) is 25.1 Å². The van der Waals surface area contributed by atoms with E-state index in [1.54, 1.807) is 11.0 Å². The number of hydrogen-bond donors (Lipinski definition) is 1. The number of amides is 1. The van der Waals surface area contributed by atoms with Crippen LogP contribution in [0.5, 0.6) is 0 Å². The number of nitrogens with zero attached hydrogens (tertiary/aromatic N) is 2. The third-order valence-corrected chi connectivity index (χ3v) is 4.43. The second-order valence-corrected chi connectivity index (χ2v) is 6.22. The van der Waals surface area contributed by atoms with Crippen molar-refractivity contribution in [3.8, 4) is 0 Å². The van der Waals surface area contributed by atoms with Gasteiger partial charge >= 0.3 is 0 Å². The molecule has 2 atom stereocenters. The maximum Gasteiger partial charge on any atom is 0.226 e. The minimum atomic E-state index is -1.00. The molecule has 1 saturated heterocycles. The van der Waals surface area contributed by atoms with Gasteiger partial charge in [-0.05, 0) is 49.6 Å². The van der Waals surface area contributed by atoms with Gasteiger partial charge in [-0.3, -0.25) is 9.78 Å². The Labute approximate surface area is 141 Å². The molecule has 1 aromatic carbocycles. The zero-order valence-electron chi connectivity index (χ0n) is 13.7. The minimum Gasteiger partial charge on any atom is -0.388 e. The van der Waals surface area contributed by atoms with Crippen LogP contribution in [-0.4, -0.2) is 27.4 Å². The molecule has 0 bridgehead atoms. The molecule has 24 heavy (non-hydrogen) atoms. The largest absolute Gasteiger partial charge is 0.388 e. The summed E-state index contributed by atoms with van der Waals surface area (Å²) < 4.78 is 13.3. The average Bonchev–Trinajstić information content (AvgIpc) is 3.04. The van der Waals surface area contributed by atoms with Gasteiger partial charge in [-0.2, -0.15) is 0 Å². The molecular weight excluding hydrogens is 307 g/mol. The van der Waals surface area contributed by atoms with E-state index < -0.39 is 11.9 Å². The lowest BCUT2D eigenvalue weighted by Gasteiger charge is -2.25. The summed E-state index contributed by atoms with van der Waals surface area (Å²) in [6, 6.07) is 11.5. The number of aromatic nitrogens is 1. The van der Waals surface area contributed by atoms with Gasteiger partial charge in [0.2, 0.25) is 5.91 Å². The maximum atomic E-state index is 13.3. The Hall–Kier alpha value is -2.27. The molecule has 0 spiro atoms. The van der Waals surface area contributed by atoms with Crippen molar-refractivity contribution < 1.29 is 14.3 Å². The van der Waals surface area contributed by atoms with Crippen LogP contribution in [0.1, 0.15) is 48.4 Å². The molecule has 3 rings (SSSR count). The molecule has 4 nitrogen and oxygen atoms in total. The van der Waals surface area contributed by atoms with Crippen molar-refractivity contribution in [2.75, 3.05) is 6.54 Å². The van der Waals surface area contributed by atoms with Crippen molar-refractivity contribution in [3.05, 3.63) is 65.2 Å². The first kappa shape index (κ1) is 16.6. The lowest BCUT2D eigenvalue weighted by Crippen LogP contribution is -2.32. The van der Waals surface area contributed by atoms with E-state index in [-0.39, 0.29) is 18.4 Å². The minimum absolute atomic E-state index is 0.0443. The fourth-order valence-corrected chi connectivity index (χ4v) is 3.24. The number of aliphatic hydroxyl groups excluding tert-OH is 1. The van der Waals surface area contributed by atoms with Gasteiger partial charge in [0.05, 0.1) is 24.3 Å². The highest BCUT2D eigenvalue weighted by atomic mass is 19.1. The standard InChI is InChI=1S/C19H21FN2O2/c1-13-5-2-8-16(21-13)17-9-4-10-22(17)19(24)12-18(23)14-6-3-7-15(20)11-14/h2-3,5-8,11,17-18,23H,4,9-10,12H2,1H3. The number of aryl methyl sites for hydroxylation is 1. The summed E-state index contributed by atoms with van der Waals surface area (Å²) in [4.78, 5) is 18.9. The topological polar surface area (TPSA) is 53.4 Å². The molecule has 0 radical (unpaired) electrons. The zero-order valence-corrected chi connectivity index (χ0v) is 13.7. The molecule has 1 amide bonds. The normalized spacial score (nSPS) is 18.6. The first-order valence-corrected chi connectivity index (χ1v) is 8.21. The van der Waals surface area contributed by atoms with Crippen LogP contribution in [0.2, 0.25) is 0 Å². The van der Waals surface area contributed by atoms with Crippen molar-refractivity contribution in [2.45, 2.75) is 38.3 Å². The van der Waals surface area contributed by atoms with Crippen LogP contribution in [-0.2, 0) is 4.79 Å². The Balaban J connectivity index is 1.72. The maximum absolute atomic E-state index is 13.3. The predicted molar refractivity (Wildman–Crippen MR) is 88.6 cm³/mol. The zero-order chi connectivity index (χ0) is 17.1. The molecule has 1 fully saturated rings. The van der Waals surface area contributed by atoms with Gasteiger partial charge in [0.15, 0.2) is 0 Å². The van der Waals surface area contributed by atoms with Crippen molar-refractivity contribution in [1.82, 2.24) is 9.88 Å². The predicted octanol–water partition coefficient (Wildman–Crippen LogP) is 3.32. The number of carbonyl (C=O) groups excluding carboxylic acids is 1.